The lowest BCUT2D eigenvalue weighted by Crippen LogP contribution is -2.51. The maximum atomic E-state index is 14.5. The molecule has 2 rings (SSSR count). The first-order valence-corrected chi connectivity index (χ1v) is 11.4. The molecule has 2 aromatic rings. The molecule has 132 valence electrons. The number of nitrogens with zero attached hydrogens (tertiary/aromatic N) is 1. The first-order valence-electron chi connectivity index (χ1n) is 8.42. The highest BCUT2D eigenvalue weighted by Crippen LogP contribution is 2.44. The fourth-order valence-electron chi connectivity index (χ4n) is 4.63. The van der Waals surface area contributed by atoms with Gasteiger partial charge in [0.05, 0.1) is 0 Å². The van der Waals surface area contributed by atoms with Crippen molar-refractivity contribution in [1.82, 2.24) is 4.23 Å². The van der Waals surface area contributed by atoms with E-state index in [2.05, 4.69) is 67.9 Å². The van der Waals surface area contributed by atoms with Crippen LogP contribution in [0.3, 0.4) is 0 Å². The summed E-state index contributed by atoms with van der Waals surface area (Å²) in [6, 6.07) is 3.39. The molecule has 0 bridgehead atoms. The number of hydrogen-bond acceptors (Lipinski definition) is 2. The van der Waals surface area contributed by atoms with Gasteiger partial charge >= 0.3 is 7.12 Å². The van der Waals surface area contributed by atoms with Crippen LogP contribution in [0.1, 0.15) is 41.5 Å². The molecule has 0 saturated carbocycles. The molecule has 2 N–H and O–H groups in total. The van der Waals surface area contributed by atoms with Crippen molar-refractivity contribution >= 4 is 47.6 Å². The fraction of sp³-hybridized carbons (Fsp3) is 0.529. The predicted molar refractivity (Wildman–Crippen MR) is 106 cm³/mol. The normalized spacial score (nSPS) is 12.9. The van der Waals surface area contributed by atoms with Crippen LogP contribution < -0.4 is 5.46 Å². The molecule has 24 heavy (non-hydrogen) atoms. The van der Waals surface area contributed by atoms with Gasteiger partial charge in [-0.1, -0.05) is 57.5 Å². The van der Waals surface area contributed by atoms with Gasteiger partial charge in [-0.15, -0.1) is 0 Å². The van der Waals surface area contributed by atoms with Crippen molar-refractivity contribution in [1.29, 1.82) is 0 Å². The Balaban J connectivity index is 2.87. The maximum absolute atomic E-state index is 14.5. The van der Waals surface area contributed by atoms with E-state index in [1.54, 1.807) is 0 Å². The zero-order valence-corrected chi connectivity index (χ0v) is 17.7. The maximum Gasteiger partial charge on any atom is 0.492 e. The number of fused-ring (bicyclic) bond motifs is 1. The molecule has 0 fully saturated rings. The third-order valence-corrected chi connectivity index (χ3v) is 13.0. The molecule has 3 nitrogen and oxygen atoms in total. The summed E-state index contributed by atoms with van der Waals surface area (Å²) in [4.78, 5) is 0. The molecule has 0 unspecified atom stereocenters. The number of aromatic nitrogens is 1. The smallest absolute Gasteiger partial charge is 0.423 e. The third kappa shape index (κ3) is 2.79. The Morgan fingerprint density at radius 1 is 1.08 bits per heavy atom. The summed E-state index contributed by atoms with van der Waals surface area (Å²) >= 11 is 3.37. The number of hydrogen-bond donors (Lipinski definition) is 2. The van der Waals surface area contributed by atoms with Gasteiger partial charge in [0.1, 0.15) is 5.82 Å². The second-order valence-electron chi connectivity index (χ2n) is 7.43. The van der Waals surface area contributed by atoms with Crippen molar-refractivity contribution in [2.75, 3.05) is 0 Å². The Hall–Kier alpha value is -0.628. The summed E-state index contributed by atoms with van der Waals surface area (Å²) in [5, 5.41) is 19.7. The Morgan fingerprint density at radius 3 is 2.00 bits per heavy atom. The lowest BCUT2D eigenvalue weighted by Gasteiger charge is -2.44. The summed E-state index contributed by atoms with van der Waals surface area (Å²) in [6.45, 7) is 13.6. The molecule has 1 heterocycles. The van der Waals surface area contributed by atoms with Crippen molar-refractivity contribution in [3.63, 3.8) is 0 Å². The van der Waals surface area contributed by atoms with Crippen molar-refractivity contribution in [2.24, 2.45) is 0 Å². The molecule has 7 heteroatoms. The van der Waals surface area contributed by atoms with E-state index in [-0.39, 0.29) is 5.46 Å². The van der Waals surface area contributed by atoms with Crippen molar-refractivity contribution in [3.05, 3.63) is 28.6 Å². The van der Waals surface area contributed by atoms with Crippen LogP contribution in [0.4, 0.5) is 4.39 Å². The summed E-state index contributed by atoms with van der Waals surface area (Å²) in [5.41, 5.74) is 2.17. The predicted octanol–water partition coefficient (Wildman–Crippen LogP) is 4.25. The molecule has 0 amide bonds. The molecule has 0 aliphatic carbocycles. The van der Waals surface area contributed by atoms with Crippen LogP contribution in [0.2, 0.25) is 16.6 Å². The Bertz CT molecular complexity index is 724. The minimum Gasteiger partial charge on any atom is -0.423 e. The van der Waals surface area contributed by atoms with Crippen LogP contribution in [0.25, 0.3) is 10.9 Å². The molecule has 0 spiro atoms. The van der Waals surface area contributed by atoms with Crippen LogP contribution in [0, 0.1) is 5.82 Å². The largest absolute Gasteiger partial charge is 0.492 e. The van der Waals surface area contributed by atoms with Crippen LogP contribution in [0.5, 0.6) is 0 Å². The van der Waals surface area contributed by atoms with Crippen molar-refractivity contribution < 1.29 is 14.4 Å². The second-order valence-corrected chi connectivity index (χ2v) is 13.9. The van der Waals surface area contributed by atoms with E-state index in [1.807, 2.05) is 6.07 Å². The van der Waals surface area contributed by atoms with Gasteiger partial charge in [-0.05, 0) is 35.0 Å². The quantitative estimate of drug-likeness (QED) is 0.719. The molecule has 1 aromatic heterocycles. The first-order chi connectivity index (χ1) is 11.1. The number of benzene rings is 1. The summed E-state index contributed by atoms with van der Waals surface area (Å²) in [5.74, 6) is -0.594. The standard InChI is InChI=1S/C17H26BBrFNO2Si/c1-10(2)24(11(3)4,12(5)6)21-8-7-13-15(21)9-14(20)16(17(13)19)18(22)23/h7-12,22-23H,1-6H3. The van der Waals surface area contributed by atoms with Gasteiger partial charge in [0.15, 0.2) is 8.24 Å². The lowest BCUT2D eigenvalue weighted by atomic mass is 9.79. The van der Waals surface area contributed by atoms with E-state index < -0.39 is 21.2 Å². The highest BCUT2D eigenvalue weighted by atomic mass is 79.9. The highest BCUT2D eigenvalue weighted by Gasteiger charge is 2.45. The zero-order valence-electron chi connectivity index (χ0n) is 15.1. The summed E-state index contributed by atoms with van der Waals surface area (Å²) in [6.07, 6.45) is 2.05. The second kappa shape index (κ2) is 6.94. The molecule has 1 aromatic carbocycles. The van der Waals surface area contributed by atoms with Gasteiger partial charge in [-0.3, -0.25) is 0 Å². The Labute approximate surface area is 153 Å². The molecule has 0 saturated heterocycles. The minimum absolute atomic E-state index is 0.105. The van der Waals surface area contributed by atoms with Crippen LogP contribution >= 0.6 is 15.9 Å². The van der Waals surface area contributed by atoms with Crippen LogP contribution in [-0.4, -0.2) is 29.6 Å². The van der Waals surface area contributed by atoms with Crippen LogP contribution in [0.15, 0.2) is 22.8 Å². The minimum atomic E-state index is -2.00. The van der Waals surface area contributed by atoms with E-state index in [1.165, 1.54) is 6.07 Å². The molecule has 0 radical (unpaired) electrons. The van der Waals surface area contributed by atoms with Gasteiger partial charge in [0, 0.05) is 20.8 Å². The van der Waals surface area contributed by atoms with Gasteiger partial charge in [-0.25, -0.2) is 4.39 Å². The lowest BCUT2D eigenvalue weighted by molar-refractivity contribution is 0.423. The Kier molecular flexibility index (Phi) is 5.69. The average molecular weight is 414 g/mol. The number of halogens is 2. The average Bonchev–Trinajstić information content (AvgIpc) is 2.82. The fourth-order valence-corrected chi connectivity index (χ4v) is 12.0. The summed E-state index contributed by atoms with van der Waals surface area (Å²) < 4.78 is 17.3. The summed E-state index contributed by atoms with van der Waals surface area (Å²) in [7, 11) is -3.84. The van der Waals surface area contributed by atoms with Gasteiger partial charge in [0.2, 0.25) is 0 Å². The third-order valence-electron chi connectivity index (χ3n) is 5.37. The van der Waals surface area contributed by atoms with E-state index in [0.717, 1.165) is 10.9 Å². The monoisotopic (exact) mass is 413 g/mol. The molecular weight excluding hydrogens is 388 g/mol. The van der Waals surface area contributed by atoms with Gasteiger partial charge < -0.3 is 14.3 Å². The molecule has 0 aliphatic heterocycles. The molecular formula is C17H26BBrFNO2Si. The van der Waals surface area contributed by atoms with E-state index >= 15 is 0 Å². The topological polar surface area (TPSA) is 45.4 Å². The van der Waals surface area contributed by atoms with Gasteiger partial charge in [-0.2, -0.15) is 0 Å². The van der Waals surface area contributed by atoms with E-state index in [0.29, 0.717) is 21.1 Å². The first kappa shape index (κ1) is 19.7. The Morgan fingerprint density at radius 2 is 1.58 bits per heavy atom. The van der Waals surface area contributed by atoms with Crippen molar-refractivity contribution in [2.45, 2.75) is 58.2 Å². The SMILES string of the molecule is CC(C)[Si](C(C)C)(C(C)C)n1ccc2c(Br)c(B(O)O)c(F)cc21. The van der Waals surface area contributed by atoms with Gasteiger partial charge in [0.25, 0.3) is 0 Å². The zero-order chi connectivity index (χ0) is 18.4. The highest BCUT2D eigenvalue weighted by molar-refractivity contribution is 9.10. The van der Waals surface area contributed by atoms with E-state index in [9.17, 15) is 14.4 Å². The molecule has 0 aliphatic rings. The number of rotatable bonds is 5. The molecule has 0 atom stereocenters. The van der Waals surface area contributed by atoms with E-state index in [4.69, 9.17) is 0 Å². The van der Waals surface area contributed by atoms with Crippen molar-refractivity contribution in [3.8, 4) is 0 Å². The van der Waals surface area contributed by atoms with Crippen LogP contribution in [-0.2, 0) is 0 Å².